The zero-order valence-corrected chi connectivity index (χ0v) is 16.2. The lowest BCUT2D eigenvalue weighted by Crippen LogP contribution is -2.27. The Balaban J connectivity index is 1.72. The maximum atomic E-state index is 6.95. The molecule has 29 heavy (non-hydrogen) atoms. The van der Waals surface area contributed by atoms with Crippen molar-refractivity contribution in [2.75, 3.05) is 0 Å². The Kier molecular flexibility index (Phi) is 4.50. The Bertz CT molecular complexity index is 1020. The predicted molar refractivity (Wildman–Crippen MR) is 119 cm³/mol. The van der Waals surface area contributed by atoms with E-state index in [1.54, 1.807) is 0 Å². The fourth-order valence-electron chi connectivity index (χ4n) is 4.20. The van der Waals surface area contributed by atoms with Crippen molar-refractivity contribution in [3.63, 3.8) is 0 Å². The highest BCUT2D eigenvalue weighted by atomic mass is 16.5. The van der Waals surface area contributed by atoms with Gasteiger partial charge in [-0.3, -0.25) is 0 Å². The van der Waals surface area contributed by atoms with Gasteiger partial charge in [0.15, 0.2) is 5.60 Å². The molecule has 0 bridgehead atoms. The van der Waals surface area contributed by atoms with E-state index in [0.29, 0.717) is 0 Å². The standard InChI is InChI=1S/C28H22O/c1-5-13-22(14-6-1)26-21-28(24-17-9-3-10-18-24,25-19-11-4-12-20-25)29-27(26)23-15-7-2-8-16-23/h1-20H,21H2. The summed E-state index contributed by atoms with van der Waals surface area (Å²) in [6.45, 7) is 0. The van der Waals surface area contributed by atoms with Crippen molar-refractivity contribution in [2.24, 2.45) is 0 Å². The first-order valence-corrected chi connectivity index (χ1v) is 10.0. The van der Waals surface area contributed by atoms with Gasteiger partial charge in [-0.25, -0.2) is 0 Å². The van der Waals surface area contributed by atoms with Crippen LogP contribution in [0.3, 0.4) is 0 Å². The summed E-state index contributed by atoms with van der Waals surface area (Å²) in [5.41, 5.74) is 5.36. The van der Waals surface area contributed by atoms with Crippen LogP contribution in [0.25, 0.3) is 11.3 Å². The van der Waals surface area contributed by atoms with E-state index in [1.807, 2.05) is 6.07 Å². The van der Waals surface area contributed by atoms with Gasteiger partial charge in [0.2, 0.25) is 0 Å². The fraction of sp³-hybridized carbons (Fsp3) is 0.0714. The Morgan fingerprint density at radius 3 is 1.38 bits per heavy atom. The molecule has 4 aromatic carbocycles. The molecule has 0 fully saturated rings. The van der Waals surface area contributed by atoms with Crippen LogP contribution in [0.1, 0.15) is 28.7 Å². The van der Waals surface area contributed by atoms with Crippen molar-refractivity contribution in [3.8, 4) is 0 Å². The Hall–Kier alpha value is -3.58. The van der Waals surface area contributed by atoms with E-state index in [2.05, 4.69) is 115 Å². The lowest BCUT2D eigenvalue weighted by molar-refractivity contribution is 0.101. The molecule has 4 aromatic rings. The largest absolute Gasteiger partial charge is 0.477 e. The minimum atomic E-state index is -0.543. The molecule has 0 atom stereocenters. The van der Waals surface area contributed by atoms with Gasteiger partial charge in [-0.05, 0) is 5.56 Å². The van der Waals surface area contributed by atoms with E-state index in [9.17, 15) is 0 Å². The molecule has 1 aliphatic heterocycles. The molecule has 1 heterocycles. The molecule has 140 valence electrons. The van der Waals surface area contributed by atoms with E-state index in [1.165, 1.54) is 22.3 Å². The zero-order valence-electron chi connectivity index (χ0n) is 16.2. The Morgan fingerprint density at radius 1 is 0.483 bits per heavy atom. The van der Waals surface area contributed by atoms with Crippen LogP contribution in [0.4, 0.5) is 0 Å². The van der Waals surface area contributed by atoms with Crippen LogP contribution in [-0.2, 0) is 10.3 Å². The normalized spacial score (nSPS) is 15.2. The van der Waals surface area contributed by atoms with Gasteiger partial charge in [0, 0.05) is 28.7 Å². The second-order valence-corrected chi connectivity index (χ2v) is 7.38. The van der Waals surface area contributed by atoms with E-state index in [4.69, 9.17) is 4.74 Å². The molecule has 0 aliphatic carbocycles. The fourth-order valence-corrected chi connectivity index (χ4v) is 4.20. The topological polar surface area (TPSA) is 9.23 Å². The summed E-state index contributed by atoms with van der Waals surface area (Å²) in [5.74, 6) is 0.963. The van der Waals surface area contributed by atoms with Crippen molar-refractivity contribution in [1.29, 1.82) is 0 Å². The summed E-state index contributed by atoms with van der Waals surface area (Å²) in [7, 11) is 0. The van der Waals surface area contributed by atoms with Gasteiger partial charge >= 0.3 is 0 Å². The highest BCUT2D eigenvalue weighted by Gasteiger charge is 2.44. The Morgan fingerprint density at radius 2 is 0.897 bits per heavy atom. The van der Waals surface area contributed by atoms with Crippen LogP contribution in [0.5, 0.6) is 0 Å². The molecule has 0 aromatic heterocycles. The summed E-state index contributed by atoms with van der Waals surface area (Å²) >= 11 is 0. The van der Waals surface area contributed by atoms with Crippen LogP contribution < -0.4 is 0 Å². The average molecular weight is 374 g/mol. The van der Waals surface area contributed by atoms with E-state index in [0.717, 1.165) is 17.7 Å². The first-order valence-electron chi connectivity index (χ1n) is 10.0. The quantitative estimate of drug-likeness (QED) is 0.377. The second kappa shape index (κ2) is 7.44. The molecule has 0 saturated carbocycles. The molecule has 0 unspecified atom stereocenters. The summed E-state index contributed by atoms with van der Waals surface area (Å²) in [6.07, 6.45) is 0.787. The van der Waals surface area contributed by atoms with Crippen LogP contribution in [0.2, 0.25) is 0 Å². The summed E-state index contributed by atoms with van der Waals surface area (Å²) in [6, 6.07) is 42.2. The van der Waals surface area contributed by atoms with Gasteiger partial charge in [0.05, 0.1) is 0 Å². The third-order valence-corrected chi connectivity index (χ3v) is 5.61. The smallest absolute Gasteiger partial charge is 0.163 e. The molecule has 1 aliphatic rings. The predicted octanol–water partition coefficient (Wildman–Crippen LogP) is 6.92. The number of hydrogen-bond donors (Lipinski definition) is 0. The maximum Gasteiger partial charge on any atom is 0.163 e. The van der Waals surface area contributed by atoms with Crippen molar-refractivity contribution < 1.29 is 4.74 Å². The average Bonchev–Trinajstić information content (AvgIpc) is 3.24. The van der Waals surface area contributed by atoms with Crippen LogP contribution >= 0.6 is 0 Å². The molecule has 0 spiro atoms. The van der Waals surface area contributed by atoms with E-state index >= 15 is 0 Å². The highest BCUT2D eigenvalue weighted by Crippen LogP contribution is 2.52. The van der Waals surface area contributed by atoms with Crippen LogP contribution in [0.15, 0.2) is 121 Å². The molecule has 5 rings (SSSR count). The van der Waals surface area contributed by atoms with Crippen LogP contribution in [-0.4, -0.2) is 0 Å². The van der Waals surface area contributed by atoms with E-state index < -0.39 is 5.60 Å². The second-order valence-electron chi connectivity index (χ2n) is 7.38. The van der Waals surface area contributed by atoms with Gasteiger partial charge in [-0.2, -0.15) is 0 Å². The number of benzene rings is 4. The molecule has 0 N–H and O–H groups in total. The molecular formula is C28H22O. The molecule has 1 nitrogen and oxygen atoms in total. The number of ether oxygens (including phenoxy) is 1. The first kappa shape index (κ1) is 17.5. The monoisotopic (exact) mass is 374 g/mol. The third kappa shape index (κ3) is 3.15. The van der Waals surface area contributed by atoms with Gasteiger partial charge in [0.25, 0.3) is 0 Å². The SMILES string of the molecule is c1ccc(C2=C(c3ccccc3)OC(c3ccccc3)(c3ccccc3)C2)cc1. The first-order chi connectivity index (χ1) is 14.4. The number of hydrogen-bond acceptors (Lipinski definition) is 1. The van der Waals surface area contributed by atoms with Gasteiger partial charge in [0.1, 0.15) is 5.76 Å². The van der Waals surface area contributed by atoms with Crippen molar-refractivity contribution in [2.45, 2.75) is 12.0 Å². The summed E-state index contributed by atoms with van der Waals surface area (Å²) in [4.78, 5) is 0. The molecule has 0 radical (unpaired) electrons. The van der Waals surface area contributed by atoms with Crippen LogP contribution in [0, 0.1) is 0 Å². The van der Waals surface area contributed by atoms with Crippen molar-refractivity contribution in [3.05, 3.63) is 144 Å². The lowest BCUT2D eigenvalue weighted by atomic mass is 9.81. The minimum Gasteiger partial charge on any atom is -0.477 e. The molecular weight excluding hydrogens is 352 g/mol. The Labute approximate surface area is 171 Å². The van der Waals surface area contributed by atoms with Crippen molar-refractivity contribution in [1.82, 2.24) is 0 Å². The molecule has 1 heteroatoms. The highest BCUT2D eigenvalue weighted by molar-refractivity contribution is 5.91. The van der Waals surface area contributed by atoms with Gasteiger partial charge < -0.3 is 4.74 Å². The maximum absolute atomic E-state index is 6.95. The molecule has 0 saturated heterocycles. The minimum absolute atomic E-state index is 0.543. The molecule has 0 amide bonds. The zero-order chi connectivity index (χ0) is 19.5. The van der Waals surface area contributed by atoms with Crippen molar-refractivity contribution >= 4 is 11.3 Å². The van der Waals surface area contributed by atoms with Gasteiger partial charge in [-0.1, -0.05) is 121 Å². The summed E-state index contributed by atoms with van der Waals surface area (Å²) < 4.78 is 6.95. The van der Waals surface area contributed by atoms with Gasteiger partial charge in [-0.15, -0.1) is 0 Å². The third-order valence-electron chi connectivity index (χ3n) is 5.61. The lowest BCUT2D eigenvalue weighted by Gasteiger charge is -2.31. The summed E-state index contributed by atoms with van der Waals surface area (Å²) in [5, 5.41) is 0. The number of rotatable bonds is 4. The van der Waals surface area contributed by atoms with E-state index in [-0.39, 0.29) is 0 Å².